The molecule has 0 aliphatic heterocycles. The zero-order valence-corrected chi connectivity index (χ0v) is 9.93. The van der Waals surface area contributed by atoms with E-state index in [0.717, 1.165) is 19.6 Å². The second-order valence-electron chi connectivity index (χ2n) is 3.75. The Bertz CT molecular complexity index is 84.3. The van der Waals surface area contributed by atoms with Crippen molar-refractivity contribution in [2.75, 3.05) is 13.2 Å². The van der Waals surface area contributed by atoms with Gasteiger partial charge in [0.15, 0.2) is 0 Å². The van der Waals surface area contributed by atoms with Gasteiger partial charge in [-0.2, -0.15) is 0 Å². The van der Waals surface area contributed by atoms with Crippen LogP contribution < -0.4 is 5.48 Å². The molecule has 2 nitrogen and oxygen atoms in total. The lowest BCUT2D eigenvalue weighted by atomic mass is 10.1. The lowest BCUT2D eigenvalue weighted by Crippen LogP contribution is -2.06. The Kier molecular flexibility index (Phi) is 12.8. The van der Waals surface area contributed by atoms with Gasteiger partial charge in [-0.25, -0.2) is 0 Å². The Morgan fingerprint density at radius 1 is 0.786 bits per heavy atom. The molecule has 0 saturated carbocycles. The molecule has 0 aromatic heterocycles. The van der Waals surface area contributed by atoms with Crippen LogP contribution in [0.4, 0.5) is 0 Å². The van der Waals surface area contributed by atoms with Crippen LogP contribution in [0.15, 0.2) is 0 Å². The molecule has 0 heterocycles. The third-order valence-electron chi connectivity index (χ3n) is 2.31. The number of hydrogen-bond acceptors (Lipinski definition) is 1. The van der Waals surface area contributed by atoms with Gasteiger partial charge in [0, 0.05) is 6.54 Å². The van der Waals surface area contributed by atoms with Gasteiger partial charge in [0.2, 0.25) is 0 Å². The van der Waals surface area contributed by atoms with E-state index in [1.807, 2.05) is 6.92 Å². The fraction of sp³-hybridized carbons (Fsp3) is 1.00. The highest BCUT2D eigenvalue weighted by Crippen LogP contribution is 2.08. The van der Waals surface area contributed by atoms with Crippen molar-refractivity contribution in [1.29, 1.82) is 0 Å². The largest absolute Gasteiger partial charge is 0.282 e. The summed E-state index contributed by atoms with van der Waals surface area (Å²) < 4.78 is 0. The van der Waals surface area contributed by atoms with Gasteiger partial charge in [0.1, 0.15) is 0 Å². The zero-order chi connectivity index (χ0) is 10.5. The monoisotopic (exact) mass is 200 g/mol. The molecule has 0 aromatic rings. The lowest BCUT2D eigenvalue weighted by molar-refractivity contribution is 0.0338. The molecule has 0 aromatic carbocycles. The van der Waals surface area contributed by atoms with Crippen molar-refractivity contribution >= 4 is 0 Å². The summed E-state index contributed by atoms with van der Waals surface area (Å²) in [5.41, 5.74) is 3.83. The molecule has 0 spiro atoms. The molecule has 0 aliphatic carbocycles. The second kappa shape index (κ2) is 12.9. The number of unbranched alkanes of at least 4 members (excludes halogenated alkanes) is 7. The van der Waals surface area contributed by atoms with Crippen molar-refractivity contribution in [1.82, 2.24) is 5.48 Å². The smallest absolute Gasteiger partial charge is 0.0702 e. The van der Waals surface area contributed by atoms with E-state index >= 15 is 0 Å². The Morgan fingerprint density at radius 2 is 1.36 bits per heavy atom. The van der Waals surface area contributed by atoms with E-state index in [9.17, 15) is 0 Å². The molecule has 0 amide bonds. The van der Waals surface area contributed by atoms with Crippen LogP contribution in [0.1, 0.15) is 65.2 Å². The van der Waals surface area contributed by atoms with E-state index in [1.165, 1.54) is 44.9 Å². The molecule has 0 rings (SSSR count). The molecular weight excluding hydrogens is 174 g/mol. The van der Waals surface area contributed by atoms with Gasteiger partial charge in [-0.15, -0.1) is 0 Å². The van der Waals surface area contributed by atoms with Crippen molar-refractivity contribution in [2.24, 2.45) is 0 Å². The topological polar surface area (TPSA) is 23.3 Å². The van der Waals surface area contributed by atoms with Gasteiger partial charge in [-0.05, 0) is 13.3 Å². The average molecular weight is 200 g/mol. The minimum atomic E-state index is 0.775. The van der Waals surface area contributed by atoms with Gasteiger partial charge in [0.25, 0.3) is 0 Å². The first-order valence-corrected chi connectivity index (χ1v) is 6.20. The third kappa shape index (κ3) is 11.9. The minimum absolute atomic E-state index is 0.775. The Morgan fingerprint density at radius 3 is 1.93 bits per heavy atom. The molecule has 0 N–H and O–H groups in total. The van der Waals surface area contributed by atoms with E-state index < -0.39 is 0 Å². The van der Waals surface area contributed by atoms with E-state index in [1.54, 1.807) is 0 Å². The maximum Gasteiger partial charge on any atom is 0.0702 e. The van der Waals surface area contributed by atoms with Crippen LogP contribution in [0.25, 0.3) is 0 Å². The van der Waals surface area contributed by atoms with E-state index in [-0.39, 0.29) is 0 Å². The summed E-state index contributed by atoms with van der Waals surface area (Å²) in [7, 11) is 0. The molecule has 85 valence electrons. The molecule has 0 unspecified atom stereocenters. The average Bonchev–Trinajstić information content (AvgIpc) is 2.21. The Labute approximate surface area is 89.4 Å². The fourth-order valence-electron chi connectivity index (χ4n) is 1.46. The van der Waals surface area contributed by atoms with Gasteiger partial charge in [-0.3, -0.25) is 4.84 Å². The molecule has 0 aliphatic rings. The fourth-order valence-corrected chi connectivity index (χ4v) is 1.46. The van der Waals surface area contributed by atoms with Crippen LogP contribution in [0.3, 0.4) is 0 Å². The van der Waals surface area contributed by atoms with Crippen LogP contribution in [0.2, 0.25) is 0 Å². The highest BCUT2D eigenvalue weighted by Gasteiger charge is 1.91. The maximum absolute atomic E-state index is 5.05. The minimum Gasteiger partial charge on any atom is -0.282 e. The van der Waals surface area contributed by atoms with Gasteiger partial charge in [-0.1, -0.05) is 57.3 Å². The Balaban J connectivity index is 2.78. The normalized spacial score (nSPS) is 10.7. The first-order chi connectivity index (χ1) is 6.91. The number of rotatable bonds is 11. The maximum atomic E-state index is 5.05. The summed E-state index contributed by atoms with van der Waals surface area (Å²) in [5.74, 6) is 0. The second-order valence-corrected chi connectivity index (χ2v) is 3.75. The number of hydroxylamine groups is 1. The molecule has 1 radical (unpaired) electrons. The van der Waals surface area contributed by atoms with Crippen LogP contribution in [0, 0.1) is 0 Å². The number of hydrogen-bond donors (Lipinski definition) is 0. The van der Waals surface area contributed by atoms with Gasteiger partial charge in [0.05, 0.1) is 6.61 Å². The first-order valence-electron chi connectivity index (χ1n) is 6.20. The molecular formula is C12H26NO. The van der Waals surface area contributed by atoms with E-state index in [2.05, 4.69) is 12.4 Å². The molecule has 0 saturated heterocycles. The molecule has 2 heteroatoms. The summed E-state index contributed by atoms with van der Waals surface area (Å²) >= 11 is 0. The van der Waals surface area contributed by atoms with Crippen LogP contribution >= 0.6 is 0 Å². The van der Waals surface area contributed by atoms with E-state index in [0.29, 0.717) is 0 Å². The summed E-state index contributed by atoms with van der Waals surface area (Å²) in [6, 6.07) is 0. The first kappa shape index (κ1) is 13.9. The molecule has 0 bridgehead atoms. The SMILES string of the molecule is CCCCCCCCCCO[N]CC. The predicted molar refractivity (Wildman–Crippen MR) is 61.2 cm³/mol. The molecule has 14 heavy (non-hydrogen) atoms. The molecule has 0 atom stereocenters. The van der Waals surface area contributed by atoms with Crippen molar-refractivity contribution < 1.29 is 4.84 Å². The summed E-state index contributed by atoms with van der Waals surface area (Å²) in [6.07, 6.45) is 10.8. The quantitative estimate of drug-likeness (QED) is 0.368. The summed E-state index contributed by atoms with van der Waals surface area (Å²) in [6.45, 7) is 5.84. The predicted octanol–water partition coefficient (Wildman–Crippen LogP) is 3.68. The molecule has 0 fully saturated rings. The standard InChI is InChI=1S/C12H26NO/c1-3-5-6-7-8-9-10-11-12-14-13-4-2/h3-12H2,1-2H3. The van der Waals surface area contributed by atoms with Crippen molar-refractivity contribution in [3.63, 3.8) is 0 Å². The third-order valence-corrected chi connectivity index (χ3v) is 2.31. The van der Waals surface area contributed by atoms with Crippen molar-refractivity contribution in [2.45, 2.75) is 65.2 Å². The highest BCUT2D eigenvalue weighted by atomic mass is 16.6. The van der Waals surface area contributed by atoms with Crippen LogP contribution in [-0.4, -0.2) is 13.2 Å². The highest BCUT2D eigenvalue weighted by molar-refractivity contribution is 4.45. The summed E-state index contributed by atoms with van der Waals surface area (Å²) in [5, 5.41) is 0. The van der Waals surface area contributed by atoms with Gasteiger partial charge >= 0.3 is 0 Å². The van der Waals surface area contributed by atoms with Crippen LogP contribution in [-0.2, 0) is 4.84 Å². The van der Waals surface area contributed by atoms with Crippen molar-refractivity contribution in [3.8, 4) is 0 Å². The van der Waals surface area contributed by atoms with E-state index in [4.69, 9.17) is 4.84 Å². The zero-order valence-electron chi connectivity index (χ0n) is 9.93. The lowest BCUT2D eigenvalue weighted by Gasteiger charge is -2.01. The van der Waals surface area contributed by atoms with Crippen molar-refractivity contribution in [3.05, 3.63) is 0 Å². The summed E-state index contributed by atoms with van der Waals surface area (Å²) in [4.78, 5) is 5.05. The van der Waals surface area contributed by atoms with Gasteiger partial charge < -0.3 is 0 Å². The Hall–Kier alpha value is -0.0800. The number of nitrogens with zero attached hydrogens (tertiary/aromatic N) is 1. The van der Waals surface area contributed by atoms with Crippen LogP contribution in [0.5, 0.6) is 0 Å².